The van der Waals surface area contributed by atoms with Gasteiger partial charge in [0, 0.05) is 23.9 Å². The summed E-state index contributed by atoms with van der Waals surface area (Å²) in [5.41, 5.74) is 1.81. The number of rotatable bonds is 6. The summed E-state index contributed by atoms with van der Waals surface area (Å²) in [6.45, 7) is 0. The number of fused-ring (bicyclic) bond motifs is 1. The maximum atomic E-state index is 12.0. The van der Waals surface area contributed by atoms with Crippen LogP contribution in [0.25, 0.3) is 11.0 Å². The molecule has 0 aliphatic rings. The van der Waals surface area contributed by atoms with Crippen LogP contribution in [0.15, 0.2) is 47.6 Å². The van der Waals surface area contributed by atoms with E-state index in [9.17, 15) is 14.9 Å². The summed E-state index contributed by atoms with van der Waals surface area (Å²) >= 11 is 1.22. The number of carbonyl (C=O) groups is 1. The molecule has 128 valence electrons. The molecule has 2 aromatic carbocycles. The van der Waals surface area contributed by atoms with Crippen LogP contribution in [0, 0.1) is 10.1 Å². The van der Waals surface area contributed by atoms with Crippen molar-refractivity contribution in [1.29, 1.82) is 0 Å². The molecule has 0 radical (unpaired) electrons. The van der Waals surface area contributed by atoms with Crippen molar-refractivity contribution < 1.29 is 14.5 Å². The van der Waals surface area contributed by atoms with Crippen molar-refractivity contribution in [2.75, 3.05) is 18.2 Å². The minimum absolute atomic E-state index is 0.0107. The van der Waals surface area contributed by atoms with Gasteiger partial charge in [-0.1, -0.05) is 17.8 Å². The zero-order valence-electron chi connectivity index (χ0n) is 13.2. The number of nitrogens with zero attached hydrogens (tertiary/aromatic N) is 2. The van der Waals surface area contributed by atoms with Crippen LogP contribution in [-0.2, 0) is 4.79 Å². The number of non-ortho nitro benzene ring substituents is 1. The van der Waals surface area contributed by atoms with Crippen molar-refractivity contribution in [2.24, 2.45) is 0 Å². The number of nitro groups is 1. The van der Waals surface area contributed by atoms with E-state index in [1.54, 1.807) is 37.4 Å². The number of nitrogens with one attached hydrogen (secondary N) is 2. The van der Waals surface area contributed by atoms with E-state index in [1.165, 1.54) is 23.9 Å². The van der Waals surface area contributed by atoms with Gasteiger partial charge in [0.1, 0.15) is 5.75 Å². The monoisotopic (exact) mass is 358 g/mol. The highest BCUT2D eigenvalue weighted by Crippen LogP contribution is 2.23. The maximum Gasteiger partial charge on any atom is 0.271 e. The first-order chi connectivity index (χ1) is 12.0. The van der Waals surface area contributed by atoms with Gasteiger partial charge in [-0.15, -0.1) is 0 Å². The number of nitro benzene ring substituents is 1. The Morgan fingerprint density at radius 2 is 2.20 bits per heavy atom. The number of thioether (sulfide) groups is 1. The number of imidazole rings is 1. The molecular weight excluding hydrogens is 344 g/mol. The van der Waals surface area contributed by atoms with Gasteiger partial charge in [0.25, 0.3) is 5.69 Å². The van der Waals surface area contributed by atoms with Gasteiger partial charge in [-0.25, -0.2) is 4.98 Å². The lowest BCUT2D eigenvalue weighted by atomic mass is 10.3. The van der Waals surface area contributed by atoms with E-state index >= 15 is 0 Å². The second-order valence-corrected chi connectivity index (χ2v) is 6.03. The Hall–Kier alpha value is -3.07. The first-order valence-electron chi connectivity index (χ1n) is 7.26. The van der Waals surface area contributed by atoms with E-state index in [1.807, 2.05) is 0 Å². The van der Waals surface area contributed by atoms with Crippen molar-refractivity contribution in [3.05, 3.63) is 52.6 Å². The van der Waals surface area contributed by atoms with E-state index in [-0.39, 0.29) is 17.3 Å². The van der Waals surface area contributed by atoms with Crippen molar-refractivity contribution in [3.8, 4) is 5.75 Å². The van der Waals surface area contributed by atoms with Crippen molar-refractivity contribution in [3.63, 3.8) is 0 Å². The SMILES string of the molecule is COc1cccc(NC(=O)CSc2nc3ccc([N+](=O)[O-])cc3[nH]2)c1. The molecule has 1 heterocycles. The standard InChI is InChI=1S/C16H14N4O4S/c1-24-12-4-2-3-10(7-12)17-15(21)9-25-16-18-13-6-5-11(20(22)23)8-14(13)19-16/h2-8H,9H2,1H3,(H,17,21)(H,18,19). The van der Waals surface area contributed by atoms with Gasteiger partial charge in [-0.3, -0.25) is 14.9 Å². The lowest BCUT2D eigenvalue weighted by Gasteiger charge is -2.06. The summed E-state index contributed by atoms with van der Waals surface area (Å²) in [7, 11) is 1.56. The maximum absolute atomic E-state index is 12.0. The highest BCUT2D eigenvalue weighted by molar-refractivity contribution is 7.99. The largest absolute Gasteiger partial charge is 0.497 e. The number of carbonyl (C=O) groups excluding carboxylic acids is 1. The van der Waals surface area contributed by atoms with E-state index in [4.69, 9.17) is 4.74 Å². The fourth-order valence-electron chi connectivity index (χ4n) is 2.19. The fourth-order valence-corrected chi connectivity index (χ4v) is 2.87. The summed E-state index contributed by atoms with van der Waals surface area (Å²) in [6, 6.07) is 11.5. The summed E-state index contributed by atoms with van der Waals surface area (Å²) in [5, 5.41) is 14.1. The molecule has 1 amide bonds. The molecule has 9 heteroatoms. The fraction of sp³-hybridized carbons (Fsp3) is 0.125. The van der Waals surface area contributed by atoms with Gasteiger partial charge >= 0.3 is 0 Å². The zero-order valence-corrected chi connectivity index (χ0v) is 14.0. The summed E-state index contributed by atoms with van der Waals surface area (Å²) in [5.74, 6) is 0.619. The molecule has 0 saturated heterocycles. The smallest absolute Gasteiger partial charge is 0.271 e. The van der Waals surface area contributed by atoms with Gasteiger partial charge in [0.05, 0.1) is 28.8 Å². The molecule has 0 fully saturated rings. The van der Waals surface area contributed by atoms with Crippen LogP contribution < -0.4 is 10.1 Å². The molecular formula is C16H14N4O4S. The van der Waals surface area contributed by atoms with Crippen LogP contribution in [0.3, 0.4) is 0 Å². The number of H-pyrrole nitrogens is 1. The number of ether oxygens (including phenoxy) is 1. The molecule has 8 nitrogen and oxygen atoms in total. The summed E-state index contributed by atoms with van der Waals surface area (Å²) in [4.78, 5) is 29.6. The molecule has 3 rings (SSSR count). The highest BCUT2D eigenvalue weighted by Gasteiger charge is 2.11. The van der Waals surface area contributed by atoms with Gasteiger partial charge in [0.2, 0.25) is 5.91 Å². The highest BCUT2D eigenvalue weighted by atomic mass is 32.2. The normalized spacial score (nSPS) is 10.6. The number of hydrogen-bond acceptors (Lipinski definition) is 6. The molecule has 0 aliphatic heterocycles. The van der Waals surface area contributed by atoms with Crippen LogP contribution in [-0.4, -0.2) is 33.7 Å². The third kappa shape index (κ3) is 4.07. The quantitative estimate of drug-likeness (QED) is 0.398. The molecule has 0 spiro atoms. The molecule has 0 unspecified atom stereocenters. The minimum Gasteiger partial charge on any atom is -0.497 e. The lowest BCUT2D eigenvalue weighted by molar-refractivity contribution is -0.384. The van der Waals surface area contributed by atoms with E-state index in [2.05, 4.69) is 15.3 Å². The number of aromatic nitrogens is 2. The Balaban J connectivity index is 1.63. The van der Waals surface area contributed by atoms with Crippen molar-refractivity contribution in [2.45, 2.75) is 5.16 Å². The van der Waals surface area contributed by atoms with Gasteiger partial charge in [0.15, 0.2) is 5.16 Å². The third-order valence-corrected chi connectivity index (χ3v) is 4.22. The topological polar surface area (TPSA) is 110 Å². The zero-order chi connectivity index (χ0) is 17.8. The van der Waals surface area contributed by atoms with E-state index < -0.39 is 4.92 Å². The lowest BCUT2D eigenvalue weighted by Crippen LogP contribution is -2.14. The number of hydrogen-bond donors (Lipinski definition) is 2. The Labute approximate surface area is 146 Å². The van der Waals surface area contributed by atoms with Crippen LogP contribution >= 0.6 is 11.8 Å². The number of anilines is 1. The molecule has 0 saturated carbocycles. The average molecular weight is 358 g/mol. The molecule has 2 N–H and O–H groups in total. The Morgan fingerprint density at radius 1 is 1.36 bits per heavy atom. The molecule has 1 aromatic heterocycles. The molecule has 0 atom stereocenters. The van der Waals surface area contributed by atoms with Gasteiger partial charge in [-0.05, 0) is 18.2 Å². The van der Waals surface area contributed by atoms with Gasteiger partial charge < -0.3 is 15.0 Å². The molecule has 25 heavy (non-hydrogen) atoms. The number of amides is 1. The van der Waals surface area contributed by atoms with E-state index in [0.29, 0.717) is 27.6 Å². The van der Waals surface area contributed by atoms with Crippen LogP contribution in [0.4, 0.5) is 11.4 Å². The van der Waals surface area contributed by atoms with Crippen LogP contribution in [0.5, 0.6) is 5.75 Å². The van der Waals surface area contributed by atoms with Crippen molar-refractivity contribution in [1.82, 2.24) is 9.97 Å². The second-order valence-electron chi connectivity index (χ2n) is 5.07. The Kier molecular flexibility index (Phi) is 4.85. The number of aromatic amines is 1. The van der Waals surface area contributed by atoms with Crippen LogP contribution in [0.2, 0.25) is 0 Å². The summed E-state index contributed by atoms with van der Waals surface area (Å²) in [6.07, 6.45) is 0. The van der Waals surface area contributed by atoms with E-state index in [0.717, 1.165) is 0 Å². The molecule has 0 aliphatic carbocycles. The molecule has 0 bridgehead atoms. The first kappa shape index (κ1) is 16.8. The predicted octanol–water partition coefficient (Wildman–Crippen LogP) is 3.21. The van der Waals surface area contributed by atoms with Crippen molar-refractivity contribution >= 4 is 40.1 Å². The molecule has 3 aromatic rings. The van der Waals surface area contributed by atoms with Crippen LogP contribution in [0.1, 0.15) is 0 Å². The number of benzene rings is 2. The third-order valence-electron chi connectivity index (χ3n) is 3.35. The predicted molar refractivity (Wildman–Crippen MR) is 95.1 cm³/mol. The first-order valence-corrected chi connectivity index (χ1v) is 8.24. The Morgan fingerprint density at radius 3 is 2.96 bits per heavy atom. The average Bonchev–Trinajstić information content (AvgIpc) is 3.02. The minimum atomic E-state index is -0.464. The Bertz CT molecular complexity index is 941. The van der Waals surface area contributed by atoms with Gasteiger partial charge in [-0.2, -0.15) is 0 Å². The summed E-state index contributed by atoms with van der Waals surface area (Å²) < 4.78 is 5.11. The number of methoxy groups -OCH3 is 1. The second kappa shape index (κ2) is 7.22.